The van der Waals surface area contributed by atoms with Crippen LogP contribution >= 0.6 is 0 Å². The van der Waals surface area contributed by atoms with Crippen LogP contribution < -0.4 is 24.3 Å². The van der Waals surface area contributed by atoms with E-state index in [9.17, 15) is 4.79 Å². The molecule has 0 saturated heterocycles. The van der Waals surface area contributed by atoms with Crippen LogP contribution in [-0.2, 0) is 4.79 Å². The molecule has 0 radical (unpaired) electrons. The first-order valence-corrected chi connectivity index (χ1v) is 8.85. The van der Waals surface area contributed by atoms with Crippen molar-refractivity contribution >= 4 is 5.91 Å². The number of hydrogen-bond donors (Lipinski definition) is 1. The fourth-order valence-corrected chi connectivity index (χ4v) is 2.65. The summed E-state index contributed by atoms with van der Waals surface area (Å²) in [5.41, 5.74) is 0.917. The highest BCUT2D eigenvalue weighted by molar-refractivity contribution is 5.81. The van der Waals surface area contributed by atoms with Crippen LogP contribution in [0.25, 0.3) is 0 Å². The van der Waals surface area contributed by atoms with Crippen molar-refractivity contribution in [1.29, 1.82) is 0 Å². The van der Waals surface area contributed by atoms with Crippen molar-refractivity contribution in [3.63, 3.8) is 0 Å². The lowest BCUT2D eigenvalue weighted by Crippen LogP contribution is -2.39. The highest BCUT2D eigenvalue weighted by Crippen LogP contribution is 2.30. The third kappa shape index (κ3) is 5.29. The van der Waals surface area contributed by atoms with Crippen LogP contribution in [0.2, 0.25) is 0 Å². The van der Waals surface area contributed by atoms with Crippen molar-refractivity contribution in [2.45, 2.75) is 32.4 Å². The summed E-state index contributed by atoms with van der Waals surface area (Å²) < 4.78 is 21.5. The molecule has 0 unspecified atom stereocenters. The molecule has 0 heterocycles. The molecule has 6 nitrogen and oxygen atoms in total. The molecule has 0 aliphatic heterocycles. The zero-order valence-corrected chi connectivity index (χ0v) is 16.4. The minimum Gasteiger partial charge on any atom is -0.497 e. The Hall–Kier alpha value is -2.89. The zero-order chi connectivity index (χ0) is 19.8. The van der Waals surface area contributed by atoms with Crippen LogP contribution in [0.5, 0.6) is 23.0 Å². The number of rotatable bonds is 9. The summed E-state index contributed by atoms with van der Waals surface area (Å²) in [5, 5.41) is 2.99. The molecular weight excluding hydrogens is 346 g/mol. The average molecular weight is 373 g/mol. The molecule has 2 aromatic rings. The molecule has 0 spiro atoms. The Kier molecular flexibility index (Phi) is 7.34. The van der Waals surface area contributed by atoms with Gasteiger partial charge in [0.2, 0.25) is 0 Å². The van der Waals surface area contributed by atoms with E-state index in [0.29, 0.717) is 23.7 Å². The van der Waals surface area contributed by atoms with Gasteiger partial charge in [0.05, 0.1) is 27.4 Å². The van der Waals surface area contributed by atoms with Crippen molar-refractivity contribution in [3.8, 4) is 23.0 Å². The molecule has 6 heteroatoms. The van der Waals surface area contributed by atoms with Crippen LogP contribution in [-0.4, -0.2) is 33.3 Å². The summed E-state index contributed by atoms with van der Waals surface area (Å²) in [5.74, 6) is 2.46. The van der Waals surface area contributed by atoms with Crippen molar-refractivity contribution < 1.29 is 23.7 Å². The van der Waals surface area contributed by atoms with Gasteiger partial charge in [-0.2, -0.15) is 0 Å². The maximum absolute atomic E-state index is 12.6. The predicted octanol–water partition coefficient (Wildman–Crippen LogP) is 3.75. The molecule has 1 amide bonds. The fraction of sp³-hybridized carbons (Fsp3) is 0.381. The molecule has 0 fully saturated rings. The average Bonchev–Trinajstić information content (AvgIpc) is 2.71. The summed E-state index contributed by atoms with van der Waals surface area (Å²) in [6.07, 6.45) is -0.0303. The maximum atomic E-state index is 12.6. The molecular formula is C21H27NO5. The van der Waals surface area contributed by atoms with Gasteiger partial charge in [0.25, 0.3) is 5.91 Å². The van der Waals surface area contributed by atoms with E-state index in [0.717, 1.165) is 11.3 Å². The first kappa shape index (κ1) is 20.4. The normalized spacial score (nSPS) is 12.6. The van der Waals surface area contributed by atoms with Crippen LogP contribution in [0.3, 0.4) is 0 Å². The van der Waals surface area contributed by atoms with Crippen LogP contribution in [0.15, 0.2) is 42.5 Å². The van der Waals surface area contributed by atoms with E-state index in [1.165, 1.54) is 0 Å². The van der Waals surface area contributed by atoms with E-state index in [-0.39, 0.29) is 11.9 Å². The van der Waals surface area contributed by atoms with Crippen LogP contribution in [0, 0.1) is 0 Å². The Labute approximate surface area is 160 Å². The van der Waals surface area contributed by atoms with Crippen molar-refractivity contribution in [2.24, 2.45) is 0 Å². The lowest BCUT2D eigenvalue weighted by Gasteiger charge is -2.21. The Bertz CT molecular complexity index is 745. The van der Waals surface area contributed by atoms with Crippen LogP contribution in [0.4, 0.5) is 0 Å². The predicted molar refractivity (Wildman–Crippen MR) is 104 cm³/mol. The number of carbonyl (C=O) groups excluding carboxylic acids is 1. The Morgan fingerprint density at radius 2 is 1.56 bits per heavy atom. The van der Waals surface area contributed by atoms with E-state index in [4.69, 9.17) is 18.9 Å². The summed E-state index contributed by atoms with van der Waals surface area (Å²) in [7, 11) is 4.78. The molecule has 0 aliphatic carbocycles. The Morgan fingerprint density at radius 1 is 0.926 bits per heavy atom. The number of ether oxygens (including phenoxy) is 4. The lowest BCUT2D eigenvalue weighted by atomic mass is 10.1. The van der Waals surface area contributed by atoms with E-state index >= 15 is 0 Å². The lowest BCUT2D eigenvalue weighted by molar-refractivity contribution is -0.128. The largest absolute Gasteiger partial charge is 0.497 e. The van der Waals surface area contributed by atoms with Gasteiger partial charge in [0.1, 0.15) is 11.5 Å². The number of amides is 1. The monoisotopic (exact) mass is 373 g/mol. The molecule has 0 saturated carbocycles. The summed E-state index contributed by atoms with van der Waals surface area (Å²) >= 11 is 0. The Morgan fingerprint density at radius 3 is 2.11 bits per heavy atom. The van der Waals surface area contributed by atoms with Gasteiger partial charge in [-0.1, -0.05) is 13.0 Å². The summed E-state index contributed by atoms with van der Waals surface area (Å²) in [6.45, 7) is 3.83. The van der Waals surface area contributed by atoms with Gasteiger partial charge in [0, 0.05) is 0 Å². The second-order valence-corrected chi connectivity index (χ2v) is 6.03. The summed E-state index contributed by atoms with van der Waals surface area (Å²) in [4.78, 5) is 12.6. The zero-order valence-electron chi connectivity index (χ0n) is 16.4. The molecule has 2 atom stereocenters. The molecule has 1 N–H and O–H groups in total. The first-order chi connectivity index (χ1) is 13.0. The van der Waals surface area contributed by atoms with E-state index in [1.807, 2.05) is 32.0 Å². The minimum atomic E-state index is -0.582. The maximum Gasteiger partial charge on any atom is 0.261 e. The van der Waals surface area contributed by atoms with Crippen molar-refractivity contribution in [2.75, 3.05) is 21.3 Å². The van der Waals surface area contributed by atoms with Gasteiger partial charge in [-0.05, 0) is 55.3 Å². The standard InChI is InChI=1S/C21H27NO5/c1-6-18(27-17-10-8-16(24-3)9-11-17)21(23)22-14(2)15-7-12-19(25-4)20(13-15)26-5/h7-14,18H,6H2,1-5H3,(H,22,23)/t14-,18-/m0/s1. The molecule has 0 aromatic heterocycles. The minimum absolute atomic E-state index is 0.171. The number of methoxy groups -OCH3 is 3. The van der Waals surface area contributed by atoms with Gasteiger partial charge in [-0.15, -0.1) is 0 Å². The molecule has 2 aromatic carbocycles. The number of nitrogens with one attached hydrogen (secondary N) is 1. The van der Waals surface area contributed by atoms with Crippen molar-refractivity contribution in [3.05, 3.63) is 48.0 Å². The van der Waals surface area contributed by atoms with E-state index < -0.39 is 6.10 Å². The smallest absolute Gasteiger partial charge is 0.261 e. The van der Waals surface area contributed by atoms with Gasteiger partial charge < -0.3 is 24.3 Å². The third-order valence-electron chi connectivity index (χ3n) is 4.27. The van der Waals surface area contributed by atoms with Gasteiger partial charge >= 0.3 is 0 Å². The van der Waals surface area contributed by atoms with E-state index in [1.54, 1.807) is 45.6 Å². The highest BCUT2D eigenvalue weighted by atomic mass is 16.5. The van der Waals surface area contributed by atoms with Crippen LogP contribution in [0.1, 0.15) is 31.9 Å². The second kappa shape index (κ2) is 9.71. The second-order valence-electron chi connectivity index (χ2n) is 6.03. The number of hydrogen-bond acceptors (Lipinski definition) is 5. The molecule has 0 aliphatic rings. The van der Waals surface area contributed by atoms with E-state index in [2.05, 4.69) is 5.32 Å². The molecule has 0 bridgehead atoms. The fourth-order valence-electron chi connectivity index (χ4n) is 2.65. The number of benzene rings is 2. The molecule has 146 valence electrons. The highest BCUT2D eigenvalue weighted by Gasteiger charge is 2.21. The SMILES string of the molecule is CC[C@H](Oc1ccc(OC)cc1)C(=O)N[C@@H](C)c1ccc(OC)c(OC)c1. The van der Waals surface area contributed by atoms with Crippen molar-refractivity contribution in [1.82, 2.24) is 5.32 Å². The van der Waals surface area contributed by atoms with Gasteiger partial charge in [0.15, 0.2) is 17.6 Å². The third-order valence-corrected chi connectivity index (χ3v) is 4.27. The Balaban J connectivity index is 2.04. The van der Waals surface area contributed by atoms with Gasteiger partial charge in [-0.25, -0.2) is 0 Å². The topological polar surface area (TPSA) is 66.0 Å². The quantitative estimate of drug-likeness (QED) is 0.725. The number of carbonyl (C=O) groups is 1. The first-order valence-electron chi connectivity index (χ1n) is 8.85. The summed E-state index contributed by atoms with van der Waals surface area (Å²) in [6, 6.07) is 12.5. The molecule has 2 rings (SSSR count). The van der Waals surface area contributed by atoms with Gasteiger partial charge in [-0.3, -0.25) is 4.79 Å². The molecule has 27 heavy (non-hydrogen) atoms.